The zero-order valence-corrected chi connectivity index (χ0v) is 15.0. The third-order valence-corrected chi connectivity index (χ3v) is 6.33. The second-order valence-corrected chi connectivity index (χ2v) is 8.20. The van der Waals surface area contributed by atoms with Crippen molar-refractivity contribution in [3.8, 4) is 5.75 Å². The lowest BCUT2D eigenvalue weighted by molar-refractivity contribution is 0.0538. The molecule has 0 N–H and O–H groups in total. The van der Waals surface area contributed by atoms with Gasteiger partial charge in [-0.1, -0.05) is 19.4 Å². The van der Waals surface area contributed by atoms with E-state index in [4.69, 9.17) is 9.15 Å². The van der Waals surface area contributed by atoms with Crippen molar-refractivity contribution in [1.82, 2.24) is 0 Å². The zero-order chi connectivity index (χ0) is 17.2. The molecule has 0 unspecified atom stereocenters. The van der Waals surface area contributed by atoms with Crippen LogP contribution in [0.5, 0.6) is 5.75 Å². The summed E-state index contributed by atoms with van der Waals surface area (Å²) in [4.78, 5) is 12.4. The molecule has 2 heterocycles. The van der Waals surface area contributed by atoms with Crippen LogP contribution in [-0.4, -0.2) is 5.60 Å². The van der Waals surface area contributed by atoms with Gasteiger partial charge in [0.15, 0.2) is 0 Å². The number of aryl methyl sites for hydroxylation is 2. The minimum absolute atomic E-state index is 0.157. The Balaban J connectivity index is 1.70. The Morgan fingerprint density at radius 1 is 1.20 bits per heavy atom. The molecular weight excluding hydrogens is 312 g/mol. The highest BCUT2D eigenvalue weighted by molar-refractivity contribution is 5.90. The van der Waals surface area contributed by atoms with Crippen LogP contribution >= 0.6 is 0 Å². The van der Waals surface area contributed by atoms with Gasteiger partial charge in [0.2, 0.25) is 0 Å². The third-order valence-electron chi connectivity index (χ3n) is 6.33. The second kappa shape index (κ2) is 5.23. The molecular formula is C22H24O3. The fraction of sp³-hybridized carbons (Fsp3) is 0.500. The smallest absolute Gasteiger partial charge is 0.339 e. The highest BCUT2D eigenvalue weighted by Crippen LogP contribution is 2.45. The van der Waals surface area contributed by atoms with Crippen LogP contribution in [0.25, 0.3) is 17.0 Å². The summed E-state index contributed by atoms with van der Waals surface area (Å²) in [6.45, 7) is 4.34. The molecule has 3 heteroatoms. The Morgan fingerprint density at radius 3 is 2.88 bits per heavy atom. The van der Waals surface area contributed by atoms with Crippen LogP contribution in [0.1, 0.15) is 61.3 Å². The topological polar surface area (TPSA) is 39.4 Å². The summed E-state index contributed by atoms with van der Waals surface area (Å²) < 4.78 is 12.3. The Labute approximate surface area is 147 Å². The summed E-state index contributed by atoms with van der Waals surface area (Å²) >= 11 is 0. The molecule has 1 saturated carbocycles. The number of ether oxygens (including phenoxy) is 1. The van der Waals surface area contributed by atoms with Gasteiger partial charge in [0.25, 0.3) is 0 Å². The Kier molecular flexibility index (Phi) is 3.19. The first-order valence-corrected chi connectivity index (χ1v) is 9.57. The van der Waals surface area contributed by atoms with Crippen LogP contribution in [-0.2, 0) is 12.8 Å². The summed E-state index contributed by atoms with van der Waals surface area (Å²) in [6.07, 6.45) is 12.0. The Bertz CT molecular complexity index is 966. The van der Waals surface area contributed by atoms with E-state index < -0.39 is 0 Å². The third kappa shape index (κ3) is 2.21. The average molecular weight is 336 g/mol. The number of hydrogen-bond acceptors (Lipinski definition) is 3. The minimum atomic E-state index is -0.180. The molecule has 0 amide bonds. The molecule has 25 heavy (non-hydrogen) atoms. The SMILES string of the molecule is Cc1c2c(cc3c4c(c(=O)oc13)CCC4)C=C[C@@]1(CCC[C@@H](C)C1)O2. The van der Waals surface area contributed by atoms with Crippen LogP contribution in [0.4, 0.5) is 0 Å². The van der Waals surface area contributed by atoms with Gasteiger partial charge in [-0.3, -0.25) is 0 Å². The monoisotopic (exact) mass is 336 g/mol. The van der Waals surface area contributed by atoms with E-state index in [-0.39, 0.29) is 11.2 Å². The quantitative estimate of drug-likeness (QED) is 0.639. The molecule has 1 spiro atoms. The molecule has 5 rings (SSSR count). The molecule has 0 bridgehead atoms. The predicted molar refractivity (Wildman–Crippen MR) is 99.3 cm³/mol. The maximum Gasteiger partial charge on any atom is 0.339 e. The van der Waals surface area contributed by atoms with E-state index in [1.165, 1.54) is 18.4 Å². The van der Waals surface area contributed by atoms with Gasteiger partial charge in [-0.2, -0.15) is 0 Å². The van der Waals surface area contributed by atoms with Crippen molar-refractivity contribution in [3.05, 3.63) is 44.8 Å². The van der Waals surface area contributed by atoms with E-state index in [2.05, 4.69) is 25.1 Å². The summed E-state index contributed by atoms with van der Waals surface area (Å²) in [6, 6.07) is 2.17. The van der Waals surface area contributed by atoms with Crippen molar-refractivity contribution in [2.24, 2.45) is 5.92 Å². The highest BCUT2D eigenvalue weighted by atomic mass is 16.5. The van der Waals surface area contributed by atoms with Crippen molar-refractivity contribution < 1.29 is 9.15 Å². The highest BCUT2D eigenvalue weighted by Gasteiger charge is 2.38. The molecule has 0 saturated heterocycles. The van der Waals surface area contributed by atoms with Gasteiger partial charge in [0, 0.05) is 22.1 Å². The maximum absolute atomic E-state index is 12.4. The van der Waals surface area contributed by atoms with Gasteiger partial charge in [-0.15, -0.1) is 0 Å². The van der Waals surface area contributed by atoms with Gasteiger partial charge in [-0.05, 0) is 69.1 Å². The van der Waals surface area contributed by atoms with Gasteiger partial charge in [0.1, 0.15) is 16.9 Å². The van der Waals surface area contributed by atoms with Crippen LogP contribution in [0.3, 0.4) is 0 Å². The molecule has 1 aliphatic heterocycles. The molecule has 3 aliphatic rings. The molecule has 3 nitrogen and oxygen atoms in total. The van der Waals surface area contributed by atoms with E-state index in [0.717, 1.165) is 65.5 Å². The minimum Gasteiger partial charge on any atom is -0.482 e. The standard InChI is InChI=1S/C22H24O3/c1-13-5-4-9-22(12-13)10-8-15-11-18-16-6-3-7-17(16)21(23)24-20(18)14(2)19(15)25-22/h8,10-11,13H,3-7,9,12H2,1-2H3/t13-,22-/m1/s1. The number of benzene rings is 1. The summed E-state index contributed by atoms with van der Waals surface area (Å²) in [5, 5.41) is 1.10. The van der Waals surface area contributed by atoms with Crippen LogP contribution < -0.4 is 10.4 Å². The zero-order valence-electron chi connectivity index (χ0n) is 15.0. The van der Waals surface area contributed by atoms with Crippen LogP contribution in [0, 0.1) is 12.8 Å². The first-order valence-electron chi connectivity index (χ1n) is 9.57. The largest absolute Gasteiger partial charge is 0.482 e. The predicted octanol–water partition coefficient (Wildman–Crippen LogP) is 4.94. The Morgan fingerprint density at radius 2 is 2.04 bits per heavy atom. The van der Waals surface area contributed by atoms with Crippen molar-refractivity contribution in [3.63, 3.8) is 0 Å². The van der Waals surface area contributed by atoms with E-state index in [9.17, 15) is 4.79 Å². The maximum atomic E-state index is 12.4. The molecule has 2 aromatic rings. The van der Waals surface area contributed by atoms with Gasteiger partial charge in [0.05, 0.1) is 0 Å². The average Bonchev–Trinajstić information content (AvgIpc) is 3.08. The summed E-state index contributed by atoms with van der Waals surface area (Å²) in [5.74, 6) is 1.59. The number of fused-ring (bicyclic) bond motifs is 4. The molecule has 2 aliphatic carbocycles. The normalized spacial score (nSPS) is 27.4. The molecule has 130 valence electrons. The lowest BCUT2D eigenvalue weighted by atomic mass is 9.77. The van der Waals surface area contributed by atoms with Crippen LogP contribution in [0.15, 0.2) is 21.4 Å². The van der Waals surface area contributed by atoms with E-state index in [0.29, 0.717) is 5.92 Å². The first kappa shape index (κ1) is 15.2. The van der Waals surface area contributed by atoms with Gasteiger partial charge < -0.3 is 9.15 Å². The van der Waals surface area contributed by atoms with Crippen molar-refractivity contribution in [2.45, 2.75) is 64.4 Å². The first-order chi connectivity index (χ1) is 12.1. The molecule has 2 atom stereocenters. The number of rotatable bonds is 0. The molecule has 1 aromatic heterocycles. The van der Waals surface area contributed by atoms with Gasteiger partial charge in [-0.25, -0.2) is 4.79 Å². The fourth-order valence-corrected chi connectivity index (χ4v) is 5.11. The Hall–Kier alpha value is -2.03. The molecule has 0 radical (unpaired) electrons. The van der Waals surface area contributed by atoms with E-state index >= 15 is 0 Å². The van der Waals surface area contributed by atoms with Crippen molar-refractivity contribution in [2.75, 3.05) is 0 Å². The van der Waals surface area contributed by atoms with Crippen molar-refractivity contribution >= 4 is 17.0 Å². The summed E-state index contributed by atoms with van der Waals surface area (Å²) in [7, 11) is 0. The van der Waals surface area contributed by atoms with E-state index in [1.54, 1.807) is 0 Å². The second-order valence-electron chi connectivity index (χ2n) is 8.20. The molecule has 1 fully saturated rings. The number of hydrogen-bond donors (Lipinski definition) is 0. The van der Waals surface area contributed by atoms with Crippen molar-refractivity contribution in [1.29, 1.82) is 0 Å². The van der Waals surface area contributed by atoms with E-state index in [1.807, 2.05) is 6.92 Å². The van der Waals surface area contributed by atoms with Crippen LogP contribution in [0.2, 0.25) is 0 Å². The van der Waals surface area contributed by atoms with Gasteiger partial charge >= 0.3 is 5.63 Å². The molecule has 1 aromatic carbocycles. The lowest BCUT2D eigenvalue weighted by Gasteiger charge is -2.41. The fourth-order valence-electron chi connectivity index (χ4n) is 5.11. The summed E-state index contributed by atoms with van der Waals surface area (Å²) in [5.41, 5.74) is 4.55. The lowest BCUT2D eigenvalue weighted by Crippen LogP contribution is -2.40.